The summed E-state index contributed by atoms with van der Waals surface area (Å²) in [7, 11) is 1.58. The summed E-state index contributed by atoms with van der Waals surface area (Å²) in [5.74, 6) is 0.589. The van der Waals surface area contributed by atoms with Gasteiger partial charge in [-0.2, -0.15) is 5.26 Å². The fraction of sp³-hybridized carbons (Fsp3) is 0.158. The minimum absolute atomic E-state index is 0.0979. The van der Waals surface area contributed by atoms with E-state index in [1.807, 2.05) is 32.0 Å². The molecule has 0 bridgehead atoms. The first-order chi connectivity index (χ1) is 11.7. The Morgan fingerprint density at radius 2 is 2.08 bits per heavy atom. The molecule has 0 aliphatic rings. The van der Waals surface area contributed by atoms with Crippen LogP contribution in [0.3, 0.4) is 0 Å². The van der Waals surface area contributed by atoms with Crippen molar-refractivity contribution in [2.75, 3.05) is 7.11 Å². The summed E-state index contributed by atoms with van der Waals surface area (Å²) in [5, 5.41) is 20.7. The summed E-state index contributed by atoms with van der Waals surface area (Å²) < 4.78 is 5.22. The molecule has 0 amide bonds. The van der Waals surface area contributed by atoms with Gasteiger partial charge in [-0.1, -0.05) is 13.8 Å². The first kappa shape index (κ1) is 17.1. The van der Waals surface area contributed by atoms with Crippen molar-refractivity contribution < 1.29 is 9.84 Å². The second kappa shape index (κ2) is 7.84. The number of hydrogen-bond donors (Lipinski definition) is 2. The molecule has 1 aromatic carbocycles. The summed E-state index contributed by atoms with van der Waals surface area (Å²) in [6.45, 7) is 4.00. The van der Waals surface area contributed by atoms with E-state index in [1.165, 1.54) is 6.20 Å². The fourth-order valence-electron chi connectivity index (χ4n) is 2.32. The lowest BCUT2D eigenvalue weighted by Crippen LogP contribution is -1.90. The lowest BCUT2D eigenvalue weighted by Gasteiger charge is -2.04. The lowest BCUT2D eigenvalue weighted by atomic mass is 10.0. The molecule has 0 aliphatic heterocycles. The van der Waals surface area contributed by atoms with E-state index >= 15 is 0 Å². The number of aliphatic hydroxyl groups is 1. The van der Waals surface area contributed by atoms with Gasteiger partial charge in [-0.15, -0.1) is 0 Å². The molecule has 3 rings (SSSR count). The van der Waals surface area contributed by atoms with Crippen molar-refractivity contribution in [2.45, 2.75) is 13.8 Å². The van der Waals surface area contributed by atoms with Crippen LogP contribution in [0.1, 0.15) is 25.0 Å². The topological polar surface area (TPSA) is 81.9 Å². The number of nitriles is 1. The molecule has 0 radical (unpaired) electrons. The molecule has 5 nitrogen and oxygen atoms in total. The maximum absolute atomic E-state index is 10.4. The molecule has 24 heavy (non-hydrogen) atoms. The number of aromatic nitrogens is 2. The predicted molar refractivity (Wildman–Crippen MR) is 95.5 cm³/mol. The molecule has 2 aromatic heterocycles. The third kappa shape index (κ3) is 3.23. The zero-order valence-electron chi connectivity index (χ0n) is 13.9. The van der Waals surface area contributed by atoms with Gasteiger partial charge in [-0.05, 0) is 30.3 Å². The summed E-state index contributed by atoms with van der Waals surface area (Å²) in [5.41, 5.74) is 2.17. The quantitative estimate of drug-likeness (QED) is 0.548. The van der Waals surface area contributed by atoms with E-state index in [4.69, 9.17) is 4.74 Å². The number of pyridine rings is 1. The van der Waals surface area contributed by atoms with E-state index in [9.17, 15) is 10.4 Å². The fourth-order valence-corrected chi connectivity index (χ4v) is 2.32. The molecule has 0 fully saturated rings. The zero-order valence-corrected chi connectivity index (χ0v) is 13.9. The molecule has 5 heteroatoms. The van der Waals surface area contributed by atoms with Gasteiger partial charge in [0.2, 0.25) is 0 Å². The molecule has 0 saturated heterocycles. The van der Waals surface area contributed by atoms with E-state index in [0.29, 0.717) is 16.9 Å². The van der Waals surface area contributed by atoms with Gasteiger partial charge in [0.25, 0.3) is 0 Å². The predicted octanol–water partition coefficient (Wildman–Crippen LogP) is 4.55. The number of aliphatic hydroxyl groups excluding tert-OH is 1. The number of ether oxygens (including phenoxy) is 1. The minimum Gasteiger partial charge on any atom is -0.506 e. The molecular weight excluding hydrogens is 302 g/mol. The Bertz CT molecular complexity index is 890. The zero-order chi connectivity index (χ0) is 17.5. The Morgan fingerprint density at radius 3 is 2.71 bits per heavy atom. The second-order valence-electron chi connectivity index (χ2n) is 4.69. The van der Waals surface area contributed by atoms with Crippen LogP contribution >= 0.6 is 0 Å². The minimum atomic E-state index is -0.0979. The van der Waals surface area contributed by atoms with Crippen LogP contribution in [0.5, 0.6) is 5.75 Å². The molecule has 122 valence electrons. The molecule has 2 heterocycles. The van der Waals surface area contributed by atoms with E-state index in [1.54, 1.807) is 31.6 Å². The number of allylic oxidation sites excluding steroid dienone is 1. The van der Waals surface area contributed by atoms with Gasteiger partial charge in [-0.25, -0.2) is 0 Å². The van der Waals surface area contributed by atoms with Gasteiger partial charge in [-0.3, -0.25) is 4.98 Å². The van der Waals surface area contributed by atoms with E-state index in [-0.39, 0.29) is 11.3 Å². The van der Waals surface area contributed by atoms with Crippen molar-refractivity contribution in [1.82, 2.24) is 9.97 Å². The van der Waals surface area contributed by atoms with Gasteiger partial charge in [0.05, 0.1) is 7.11 Å². The molecule has 0 aliphatic carbocycles. The number of H-pyrrole nitrogens is 1. The number of aromatic amines is 1. The highest BCUT2D eigenvalue weighted by atomic mass is 16.5. The smallest absolute Gasteiger partial charge is 0.142 e. The molecular formula is C19H19N3O2. The molecule has 0 saturated carbocycles. The van der Waals surface area contributed by atoms with Crippen molar-refractivity contribution in [1.29, 1.82) is 5.26 Å². The Labute approximate surface area is 140 Å². The van der Waals surface area contributed by atoms with Crippen LogP contribution < -0.4 is 4.74 Å². The van der Waals surface area contributed by atoms with Gasteiger partial charge in [0.15, 0.2) is 0 Å². The molecule has 3 aromatic rings. The Morgan fingerprint density at radius 1 is 1.29 bits per heavy atom. The van der Waals surface area contributed by atoms with E-state index in [0.717, 1.165) is 10.9 Å². The van der Waals surface area contributed by atoms with E-state index < -0.39 is 0 Å². The summed E-state index contributed by atoms with van der Waals surface area (Å²) in [6.07, 6.45) is 4.83. The Kier molecular flexibility index (Phi) is 5.58. The maximum atomic E-state index is 10.4. The summed E-state index contributed by atoms with van der Waals surface area (Å²) in [6, 6.07) is 11.0. The first-order valence-electron chi connectivity index (χ1n) is 7.64. The Balaban J connectivity index is 0.00000100. The average molecular weight is 321 g/mol. The normalized spacial score (nSPS) is 11.1. The van der Waals surface area contributed by atoms with Crippen LogP contribution in [0.15, 0.2) is 48.9 Å². The van der Waals surface area contributed by atoms with Crippen molar-refractivity contribution in [3.63, 3.8) is 0 Å². The van der Waals surface area contributed by atoms with Crippen LogP contribution in [-0.4, -0.2) is 22.2 Å². The van der Waals surface area contributed by atoms with Gasteiger partial charge in [0, 0.05) is 40.6 Å². The molecule has 0 atom stereocenters. The maximum Gasteiger partial charge on any atom is 0.142 e. The van der Waals surface area contributed by atoms with Crippen LogP contribution in [0.4, 0.5) is 0 Å². The van der Waals surface area contributed by atoms with Crippen molar-refractivity contribution in [3.05, 3.63) is 60.0 Å². The van der Waals surface area contributed by atoms with Crippen molar-refractivity contribution in [3.8, 4) is 11.8 Å². The molecule has 0 unspecified atom stereocenters. The largest absolute Gasteiger partial charge is 0.506 e. The highest BCUT2D eigenvalue weighted by molar-refractivity contribution is 6.03. The molecule has 0 spiro atoms. The summed E-state index contributed by atoms with van der Waals surface area (Å²) in [4.78, 5) is 7.06. The second-order valence-corrected chi connectivity index (χ2v) is 4.69. The monoisotopic (exact) mass is 321 g/mol. The summed E-state index contributed by atoms with van der Waals surface area (Å²) >= 11 is 0. The van der Waals surface area contributed by atoms with Gasteiger partial charge >= 0.3 is 0 Å². The average Bonchev–Trinajstić information content (AvgIpc) is 3.07. The highest BCUT2D eigenvalue weighted by Gasteiger charge is 2.15. The van der Waals surface area contributed by atoms with Crippen LogP contribution in [0.2, 0.25) is 0 Å². The third-order valence-corrected chi connectivity index (χ3v) is 3.44. The Hall–Kier alpha value is -3.26. The standard InChI is InChI=1S/C17H13N3O2.C2H6/c1-22-12-4-5-16-13(7-12)15(10-20-16)14(8-18)17(21)11-3-2-6-19-9-11;1-2/h2-7,9-10,20-21H,1H3;1-2H3/b17-14-;. The van der Waals surface area contributed by atoms with Gasteiger partial charge < -0.3 is 14.8 Å². The van der Waals surface area contributed by atoms with Crippen LogP contribution in [0.25, 0.3) is 22.2 Å². The number of fused-ring (bicyclic) bond motifs is 1. The number of nitrogens with one attached hydrogen (secondary N) is 1. The number of rotatable bonds is 3. The lowest BCUT2D eigenvalue weighted by molar-refractivity contribution is 0.415. The number of methoxy groups -OCH3 is 1. The third-order valence-electron chi connectivity index (χ3n) is 3.44. The van der Waals surface area contributed by atoms with Crippen molar-refractivity contribution in [2.24, 2.45) is 0 Å². The van der Waals surface area contributed by atoms with Gasteiger partial charge in [0.1, 0.15) is 23.2 Å². The highest BCUT2D eigenvalue weighted by Crippen LogP contribution is 2.31. The van der Waals surface area contributed by atoms with Crippen LogP contribution in [0, 0.1) is 11.3 Å². The SMILES string of the molecule is CC.COc1ccc2[nH]cc(/C(C#N)=C(\O)c3cccnc3)c2c1. The molecule has 2 N–H and O–H groups in total. The van der Waals surface area contributed by atoms with Crippen molar-refractivity contribution >= 4 is 22.2 Å². The number of hydrogen-bond acceptors (Lipinski definition) is 4. The first-order valence-corrected chi connectivity index (χ1v) is 7.64. The number of nitrogens with zero attached hydrogens (tertiary/aromatic N) is 2. The van der Waals surface area contributed by atoms with Crippen LogP contribution in [-0.2, 0) is 0 Å². The van der Waals surface area contributed by atoms with E-state index in [2.05, 4.69) is 16.0 Å². The number of benzene rings is 1.